The minimum Gasteiger partial charge on any atom is -0.481 e. The summed E-state index contributed by atoms with van der Waals surface area (Å²) < 4.78 is 5.59. The lowest BCUT2D eigenvalue weighted by atomic mass is 9.78. The average Bonchev–Trinajstić information content (AvgIpc) is 3.13. The van der Waals surface area contributed by atoms with Crippen molar-refractivity contribution >= 4 is 18.0 Å². The number of hydrogen-bond donors (Lipinski definition) is 3. The number of nitrogens with one attached hydrogen (secondary N) is 2. The van der Waals surface area contributed by atoms with Crippen LogP contribution in [0.25, 0.3) is 11.1 Å². The molecule has 1 aliphatic carbocycles. The van der Waals surface area contributed by atoms with Crippen molar-refractivity contribution in [1.82, 2.24) is 10.6 Å². The van der Waals surface area contributed by atoms with Crippen molar-refractivity contribution in [3.8, 4) is 11.1 Å². The highest BCUT2D eigenvalue weighted by Gasteiger charge is 2.40. The summed E-state index contributed by atoms with van der Waals surface area (Å²) in [6.07, 6.45) is -0.592. The Bertz CT molecular complexity index is 1050. The van der Waals surface area contributed by atoms with E-state index >= 15 is 0 Å². The maximum absolute atomic E-state index is 12.9. The third-order valence-electron chi connectivity index (χ3n) is 7.15. The van der Waals surface area contributed by atoms with Gasteiger partial charge in [0.2, 0.25) is 5.91 Å². The fraction of sp³-hybridized carbons (Fsp3) is 0.464. The number of hydrogen-bond acceptors (Lipinski definition) is 4. The van der Waals surface area contributed by atoms with Gasteiger partial charge in [-0.3, -0.25) is 9.59 Å². The van der Waals surface area contributed by atoms with Gasteiger partial charge in [-0.25, -0.2) is 4.79 Å². The minimum atomic E-state index is -1.13. The maximum Gasteiger partial charge on any atom is 0.407 e. The Morgan fingerprint density at radius 3 is 1.91 bits per heavy atom. The van der Waals surface area contributed by atoms with Crippen molar-refractivity contribution < 1.29 is 24.2 Å². The second-order valence-corrected chi connectivity index (χ2v) is 10.3. The van der Waals surface area contributed by atoms with Crippen LogP contribution in [0.4, 0.5) is 4.79 Å². The first kappa shape index (κ1) is 26.3. The minimum absolute atomic E-state index is 0.0470. The van der Waals surface area contributed by atoms with Gasteiger partial charge in [-0.1, -0.05) is 69.3 Å². The maximum atomic E-state index is 12.9. The molecule has 0 radical (unpaired) electrons. The number of benzene rings is 2. The molecular formula is C28H36N2O5. The molecule has 0 aromatic heterocycles. The molecule has 3 unspecified atom stereocenters. The van der Waals surface area contributed by atoms with Gasteiger partial charge in [0.15, 0.2) is 0 Å². The van der Waals surface area contributed by atoms with Gasteiger partial charge < -0.3 is 20.5 Å². The molecule has 7 heteroatoms. The summed E-state index contributed by atoms with van der Waals surface area (Å²) in [4.78, 5) is 37.2. The van der Waals surface area contributed by atoms with E-state index in [0.29, 0.717) is 0 Å². The first-order chi connectivity index (χ1) is 16.4. The van der Waals surface area contributed by atoms with E-state index in [0.717, 1.165) is 22.3 Å². The van der Waals surface area contributed by atoms with Gasteiger partial charge in [0.25, 0.3) is 0 Å². The number of carboxylic acids is 1. The van der Waals surface area contributed by atoms with Crippen LogP contribution in [0.15, 0.2) is 48.5 Å². The van der Waals surface area contributed by atoms with Gasteiger partial charge >= 0.3 is 12.1 Å². The zero-order valence-corrected chi connectivity index (χ0v) is 21.3. The fourth-order valence-electron chi connectivity index (χ4n) is 4.78. The summed E-state index contributed by atoms with van der Waals surface area (Å²) >= 11 is 0. The summed E-state index contributed by atoms with van der Waals surface area (Å²) in [7, 11) is 0. The van der Waals surface area contributed by atoms with Crippen LogP contribution in [0.3, 0.4) is 0 Å². The first-order valence-corrected chi connectivity index (χ1v) is 12.1. The number of alkyl carbamates (subject to hydrolysis) is 1. The number of fused-ring (bicyclic) bond motifs is 3. The molecule has 188 valence electrons. The summed E-state index contributed by atoms with van der Waals surface area (Å²) in [6, 6.07) is 15.2. The average molecular weight is 481 g/mol. The van der Waals surface area contributed by atoms with Crippen LogP contribution < -0.4 is 10.6 Å². The molecule has 0 fully saturated rings. The van der Waals surface area contributed by atoms with E-state index in [4.69, 9.17) is 4.74 Å². The predicted molar refractivity (Wildman–Crippen MR) is 135 cm³/mol. The van der Waals surface area contributed by atoms with E-state index < -0.39 is 35.5 Å². The van der Waals surface area contributed by atoms with Crippen LogP contribution in [0.2, 0.25) is 0 Å². The van der Waals surface area contributed by atoms with Crippen molar-refractivity contribution in [1.29, 1.82) is 0 Å². The Kier molecular flexibility index (Phi) is 7.88. The Labute approximate surface area is 207 Å². The van der Waals surface area contributed by atoms with Crippen molar-refractivity contribution in [2.45, 2.75) is 59.5 Å². The van der Waals surface area contributed by atoms with Crippen LogP contribution in [-0.2, 0) is 14.3 Å². The molecule has 0 saturated heterocycles. The van der Waals surface area contributed by atoms with Crippen molar-refractivity contribution in [3.63, 3.8) is 0 Å². The van der Waals surface area contributed by atoms with Gasteiger partial charge in [0.1, 0.15) is 6.61 Å². The molecule has 3 rings (SSSR count). The highest BCUT2D eigenvalue weighted by molar-refractivity contribution is 5.82. The quantitative estimate of drug-likeness (QED) is 0.478. The topological polar surface area (TPSA) is 105 Å². The number of carbonyl (C=O) groups is 3. The first-order valence-electron chi connectivity index (χ1n) is 12.1. The van der Waals surface area contributed by atoms with E-state index in [1.165, 1.54) is 0 Å². The second kappa shape index (κ2) is 10.5. The Hall–Kier alpha value is -3.35. The third kappa shape index (κ3) is 5.50. The predicted octanol–water partition coefficient (Wildman–Crippen LogP) is 4.80. The lowest BCUT2D eigenvalue weighted by Crippen LogP contribution is -2.55. The molecule has 2 amide bonds. The Morgan fingerprint density at radius 2 is 1.43 bits per heavy atom. The molecule has 35 heavy (non-hydrogen) atoms. The molecule has 1 aliphatic rings. The normalized spacial score (nSPS) is 15.5. The monoisotopic (exact) mass is 480 g/mol. The molecule has 2 aromatic rings. The molecule has 0 bridgehead atoms. The molecule has 0 aliphatic heterocycles. The SMILES string of the molecule is CC(C)C(NC(=O)C(C)C(C)NC(=O)OCC1c2ccccc2-c2ccccc21)C(C)(C)C(=O)O. The Morgan fingerprint density at radius 1 is 0.914 bits per heavy atom. The second-order valence-electron chi connectivity index (χ2n) is 10.3. The Balaban J connectivity index is 1.60. The molecule has 0 heterocycles. The van der Waals surface area contributed by atoms with Gasteiger partial charge in [0, 0.05) is 18.0 Å². The standard InChI is InChI=1S/C28H36N2O5/c1-16(2)24(28(5,6)26(32)33)30-25(31)17(3)18(4)29-27(34)35-15-23-21-13-9-7-11-19(21)20-12-8-10-14-22(20)23/h7-14,16-18,23-24H,15H2,1-6H3,(H,29,34)(H,30,31)(H,32,33). The van der Waals surface area contributed by atoms with Gasteiger partial charge in [-0.15, -0.1) is 0 Å². The van der Waals surface area contributed by atoms with E-state index in [9.17, 15) is 19.5 Å². The zero-order chi connectivity index (χ0) is 25.9. The number of ether oxygens (including phenoxy) is 1. The molecule has 7 nitrogen and oxygen atoms in total. The van der Waals surface area contributed by atoms with E-state index in [1.54, 1.807) is 27.7 Å². The summed E-state index contributed by atoms with van der Waals surface area (Å²) in [5.41, 5.74) is 3.43. The third-order valence-corrected chi connectivity index (χ3v) is 7.15. The van der Waals surface area contributed by atoms with Gasteiger partial charge in [0.05, 0.1) is 11.3 Å². The van der Waals surface area contributed by atoms with Gasteiger partial charge in [-0.05, 0) is 48.9 Å². The van der Waals surface area contributed by atoms with Gasteiger partial charge in [-0.2, -0.15) is 0 Å². The molecule has 0 saturated carbocycles. The highest BCUT2D eigenvalue weighted by atomic mass is 16.5. The zero-order valence-electron chi connectivity index (χ0n) is 21.3. The number of rotatable bonds is 9. The van der Waals surface area contributed by atoms with Crippen molar-refractivity contribution in [3.05, 3.63) is 59.7 Å². The molecule has 2 aromatic carbocycles. The van der Waals surface area contributed by atoms with Crippen LogP contribution in [-0.4, -0.2) is 41.8 Å². The molecular weight excluding hydrogens is 444 g/mol. The molecule has 0 spiro atoms. The molecule has 3 N–H and O–H groups in total. The van der Waals surface area contributed by atoms with E-state index in [2.05, 4.69) is 34.9 Å². The number of carbonyl (C=O) groups excluding carboxylic acids is 2. The molecule has 3 atom stereocenters. The summed E-state index contributed by atoms with van der Waals surface area (Å²) in [6.45, 7) is 10.6. The number of carboxylic acid groups (broad SMARTS) is 1. The largest absolute Gasteiger partial charge is 0.481 e. The smallest absolute Gasteiger partial charge is 0.407 e. The number of aliphatic carboxylic acids is 1. The summed E-state index contributed by atoms with van der Waals surface area (Å²) in [5, 5.41) is 15.2. The van der Waals surface area contributed by atoms with E-state index in [-0.39, 0.29) is 24.3 Å². The van der Waals surface area contributed by atoms with Crippen LogP contribution in [0.1, 0.15) is 58.6 Å². The highest BCUT2D eigenvalue weighted by Crippen LogP contribution is 2.44. The van der Waals surface area contributed by atoms with Crippen LogP contribution in [0, 0.1) is 17.3 Å². The van der Waals surface area contributed by atoms with Crippen molar-refractivity contribution in [2.75, 3.05) is 6.61 Å². The fourth-order valence-corrected chi connectivity index (χ4v) is 4.78. The lowest BCUT2D eigenvalue weighted by molar-refractivity contribution is -0.150. The van der Waals surface area contributed by atoms with Crippen LogP contribution in [0.5, 0.6) is 0 Å². The van der Waals surface area contributed by atoms with E-state index in [1.807, 2.05) is 38.1 Å². The number of amides is 2. The summed E-state index contributed by atoms with van der Waals surface area (Å²) in [5.74, 6) is -2.00. The van der Waals surface area contributed by atoms with Crippen molar-refractivity contribution in [2.24, 2.45) is 17.3 Å². The van der Waals surface area contributed by atoms with Crippen LogP contribution >= 0.6 is 0 Å². The lowest BCUT2D eigenvalue weighted by Gasteiger charge is -2.35.